The van der Waals surface area contributed by atoms with Crippen molar-refractivity contribution >= 4 is 28.4 Å². The van der Waals surface area contributed by atoms with Crippen molar-refractivity contribution in [3.63, 3.8) is 0 Å². The van der Waals surface area contributed by atoms with E-state index in [1.165, 1.54) is 16.8 Å². The second-order valence-electron chi connectivity index (χ2n) is 9.10. The molecule has 1 atom stereocenters. The Balaban J connectivity index is 1.71. The maximum absolute atomic E-state index is 12.7. The molecule has 1 fully saturated rings. The summed E-state index contributed by atoms with van der Waals surface area (Å²) in [6, 6.07) is 19.0. The number of benzene rings is 3. The van der Waals surface area contributed by atoms with Crippen molar-refractivity contribution in [3.05, 3.63) is 77.4 Å². The Morgan fingerprint density at radius 2 is 1.90 bits per heavy atom. The molecular weight excluding hydrogens is 384 g/mol. The van der Waals surface area contributed by atoms with Crippen LogP contribution in [0.25, 0.3) is 16.8 Å². The summed E-state index contributed by atoms with van der Waals surface area (Å²) in [5, 5.41) is 5.66. The number of ether oxygens (including phenoxy) is 1. The number of carbonyl (C=O) groups is 1. The molecule has 0 unspecified atom stereocenters. The van der Waals surface area contributed by atoms with Crippen LogP contribution in [0.15, 0.2) is 60.7 Å². The third-order valence-corrected chi connectivity index (χ3v) is 7.03. The van der Waals surface area contributed by atoms with Crippen molar-refractivity contribution in [2.24, 2.45) is 0 Å². The Hall–Kier alpha value is -3.27. The van der Waals surface area contributed by atoms with Crippen LogP contribution in [0.5, 0.6) is 5.75 Å². The van der Waals surface area contributed by atoms with Crippen LogP contribution in [-0.2, 0) is 10.2 Å². The van der Waals surface area contributed by atoms with Gasteiger partial charge in [0.2, 0.25) is 5.91 Å². The van der Waals surface area contributed by atoms with E-state index < -0.39 is 5.66 Å². The van der Waals surface area contributed by atoms with Gasteiger partial charge >= 0.3 is 0 Å². The van der Waals surface area contributed by atoms with Crippen LogP contribution in [0.2, 0.25) is 0 Å². The molecule has 3 aromatic rings. The number of methoxy groups -OCH3 is 1. The van der Waals surface area contributed by atoms with Crippen molar-refractivity contribution < 1.29 is 9.53 Å². The third-order valence-electron chi connectivity index (χ3n) is 7.03. The minimum Gasteiger partial charge on any atom is -0.496 e. The SMILES string of the molecule is COc1ccc2ccccc2c1/C=C/[C@@]12NC(=O)CCN1c1ccc(C)cc1C2(C)C. The zero-order chi connectivity index (χ0) is 21.8. The summed E-state index contributed by atoms with van der Waals surface area (Å²) in [4.78, 5) is 15.0. The summed E-state index contributed by atoms with van der Waals surface area (Å²) in [5.41, 5.74) is 3.78. The zero-order valence-electron chi connectivity index (χ0n) is 18.5. The van der Waals surface area contributed by atoms with Gasteiger partial charge in [0.25, 0.3) is 0 Å². The molecule has 4 heteroatoms. The van der Waals surface area contributed by atoms with Gasteiger partial charge in [-0.2, -0.15) is 0 Å². The minimum absolute atomic E-state index is 0.0865. The molecule has 1 amide bonds. The van der Waals surface area contributed by atoms with Gasteiger partial charge in [0.05, 0.1) is 7.11 Å². The Bertz CT molecular complexity index is 1230. The van der Waals surface area contributed by atoms with Crippen molar-refractivity contribution in [1.29, 1.82) is 0 Å². The van der Waals surface area contributed by atoms with E-state index in [-0.39, 0.29) is 11.3 Å². The van der Waals surface area contributed by atoms with Crippen LogP contribution in [0, 0.1) is 6.92 Å². The summed E-state index contributed by atoms with van der Waals surface area (Å²) < 4.78 is 5.70. The molecule has 2 aliphatic rings. The molecule has 0 aromatic heterocycles. The zero-order valence-corrected chi connectivity index (χ0v) is 18.5. The first-order valence-electron chi connectivity index (χ1n) is 10.8. The Morgan fingerprint density at radius 3 is 2.71 bits per heavy atom. The van der Waals surface area contributed by atoms with E-state index in [9.17, 15) is 4.79 Å². The lowest BCUT2D eigenvalue weighted by molar-refractivity contribution is -0.124. The summed E-state index contributed by atoms with van der Waals surface area (Å²) in [5.74, 6) is 0.910. The lowest BCUT2D eigenvalue weighted by Gasteiger charge is -2.49. The Labute approximate surface area is 183 Å². The predicted molar refractivity (Wildman–Crippen MR) is 127 cm³/mol. The number of hydrogen-bond acceptors (Lipinski definition) is 3. The smallest absolute Gasteiger partial charge is 0.223 e. The summed E-state index contributed by atoms with van der Waals surface area (Å²) in [7, 11) is 1.70. The van der Waals surface area contributed by atoms with Gasteiger partial charge in [-0.05, 0) is 41.5 Å². The lowest BCUT2D eigenvalue weighted by Crippen LogP contribution is -2.68. The van der Waals surface area contributed by atoms with Gasteiger partial charge in [0, 0.05) is 29.6 Å². The average molecular weight is 413 g/mol. The number of nitrogens with one attached hydrogen (secondary N) is 1. The number of amides is 1. The molecule has 2 aliphatic heterocycles. The van der Waals surface area contributed by atoms with Gasteiger partial charge in [-0.1, -0.05) is 68.0 Å². The number of fused-ring (bicyclic) bond motifs is 4. The van der Waals surface area contributed by atoms with Gasteiger partial charge in [-0.3, -0.25) is 4.79 Å². The molecule has 0 bridgehead atoms. The normalized spacial score (nSPS) is 21.8. The molecule has 2 heterocycles. The molecule has 1 N–H and O–H groups in total. The number of nitrogens with zero attached hydrogens (tertiary/aromatic N) is 1. The van der Waals surface area contributed by atoms with Crippen molar-refractivity contribution in [2.75, 3.05) is 18.6 Å². The number of anilines is 1. The van der Waals surface area contributed by atoms with E-state index in [0.29, 0.717) is 13.0 Å². The first kappa shape index (κ1) is 19.7. The highest BCUT2D eigenvalue weighted by Gasteiger charge is 2.57. The highest BCUT2D eigenvalue weighted by atomic mass is 16.5. The van der Waals surface area contributed by atoms with Crippen molar-refractivity contribution in [3.8, 4) is 5.75 Å². The average Bonchev–Trinajstić information content (AvgIpc) is 2.95. The van der Waals surface area contributed by atoms with E-state index in [0.717, 1.165) is 22.1 Å². The summed E-state index contributed by atoms with van der Waals surface area (Å²) in [6.07, 6.45) is 4.79. The Kier molecular flexibility index (Phi) is 4.37. The lowest BCUT2D eigenvalue weighted by atomic mass is 9.74. The molecule has 1 saturated heterocycles. The second-order valence-corrected chi connectivity index (χ2v) is 9.10. The maximum Gasteiger partial charge on any atom is 0.223 e. The van der Waals surface area contributed by atoms with Gasteiger partial charge in [0.15, 0.2) is 0 Å². The quantitative estimate of drug-likeness (QED) is 0.644. The van der Waals surface area contributed by atoms with Crippen LogP contribution in [-0.4, -0.2) is 25.2 Å². The molecule has 0 saturated carbocycles. The summed E-state index contributed by atoms with van der Waals surface area (Å²) >= 11 is 0. The number of rotatable bonds is 3. The monoisotopic (exact) mass is 412 g/mol. The van der Waals surface area contributed by atoms with Crippen LogP contribution in [0.4, 0.5) is 5.69 Å². The van der Waals surface area contributed by atoms with Crippen LogP contribution in [0.1, 0.15) is 37.0 Å². The summed E-state index contributed by atoms with van der Waals surface area (Å²) in [6.45, 7) is 7.27. The van der Waals surface area contributed by atoms with Gasteiger partial charge < -0.3 is 15.0 Å². The van der Waals surface area contributed by atoms with Gasteiger partial charge in [-0.15, -0.1) is 0 Å². The fourth-order valence-electron chi connectivity index (χ4n) is 5.30. The molecule has 5 rings (SSSR count). The molecule has 0 spiro atoms. The van der Waals surface area contributed by atoms with Crippen molar-refractivity contribution in [1.82, 2.24) is 5.32 Å². The van der Waals surface area contributed by atoms with Crippen molar-refractivity contribution in [2.45, 2.75) is 38.3 Å². The van der Waals surface area contributed by atoms with E-state index in [1.54, 1.807) is 7.11 Å². The standard InChI is InChI=1S/C27H28N2O2/c1-18-9-11-23-22(17-18)26(2,3)27(28-25(30)14-16-29(23)27)15-13-21-20-8-6-5-7-19(20)10-12-24(21)31-4/h5-13,15,17H,14,16H2,1-4H3,(H,28,30)/b15-13+/t27-/m1/s1. The van der Waals surface area contributed by atoms with E-state index >= 15 is 0 Å². The van der Waals surface area contributed by atoms with Gasteiger partial charge in [-0.25, -0.2) is 0 Å². The molecular formula is C27H28N2O2. The largest absolute Gasteiger partial charge is 0.496 e. The molecule has 31 heavy (non-hydrogen) atoms. The van der Waals surface area contributed by atoms with E-state index in [2.05, 4.69) is 79.5 Å². The predicted octanol–water partition coefficient (Wildman–Crippen LogP) is 5.18. The number of carbonyl (C=O) groups excluding carboxylic acids is 1. The molecule has 3 aromatic carbocycles. The van der Waals surface area contributed by atoms with E-state index in [4.69, 9.17) is 4.74 Å². The maximum atomic E-state index is 12.7. The number of aryl methyl sites for hydroxylation is 1. The molecule has 0 aliphatic carbocycles. The van der Waals surface area contributed by atoms with Gasteiger partial charge in [0.1, 0.15) is 11.4 Å². The van der Waals surface area contributed by atoms with Crippen LogP contribution < -0.4 is 15.0 Å². The third kappa shape index (κ3) is 2.78. The Morgan fingerprint density at radius 1 is 1.10 bits per heavy atom. The molecule has 158 valence electrons. The van der Waals surface area contributed by atoms with E-state index in [1.807, 2.05) is 18.2 Å². The highest BCUT2D eigenvalue weighted by molar-refractivity contribution is 5.94. The topological polar surface area (TPSA) is 41.6 Å². The van der Waals surface area contributed by atoms with Crippen LogP contribution in [0.3, 0.4) is 0 Å². The minimum atomic E-state index is -0.638. The van der Waals surface area contributed by atoms with Crippen LogP contribution >= 0.6 is 0 Å². The first-order valence-corrected chi connectivity index (χ1v) is 10.8. The molecule has 4 nitrogen and oxygen atoms in total. The fourth-order valence-corrected chi connectivity index (χ4v) is 5.30. The molecule has 0 radical (unpaired) electrons. The number of hydrogen-bond donors (Lipinski definition) is 1. The second kappa shape index (κ2) is 6.88. The highest BCUT2D eigenvalue weighted by Crippen LogP contribution is 2.52. The fraction of sp³-hybridized carbons (Fsp3) is 0.296. The first-order chi connectivity index (χ1) is 14.9.